The molecule has 0 saturated carbocycles. The van der Waals surface area contributed by atoms with Crippen LogP contribution < -0.4 is 10.6 Å². The number of anilines is 2. The van der Waals surface area contributed by atoms with Crippen LogP contribution in [0.25, 0.3) is 0 Å². The van der Waals surface area contributed by atoms with Gasteiger partial charge in [-0.1, -0.05) is 19.9 Å². The van der Waals surface area contributed by atoms with Crippen molar-refractivity contribution in [1.29, 1.82) is 0 Å². The molecule has 0 unspecified atom stereocenters. The number of hydrogen-bond acceptors (Lipinski definition) is 5. The van der Waals surface area contributed by atoms with Gasteiger partial charge in [-0.05, 0) is 18.4 Å². The zero-order chi connectivity index (χ0) is 13.9. The summed E-state index contributed by atoms with van der Waals surface area (Å²) in [4.78, 5) is 9.88. The summed E-state index contributed by atoms with van der Waals surface area (Å²) in [5.74, 6) is 1.76. The predicted molar refractivity (Wildman–Crippen MR) is 82.2 cm³/mol. The Bertz CT molecular complexity index is 534. The molecule has 0 spiro atoms. The summed E-state index contributed by atoms with van der Waals surface area (Å²) in [5, 5.41) is 8.62. The first kappa shape index (κ1) is 13.8. The first-order chi connectivity index (χ1) is 9.04. The Morgan fingerprint density at radius 2 is 2.00 bits per heavy atom. The normalized spacial score (nSPS) is 11.4. The molecule has 2 rings (SSSR count). The van der Waals surface area contributed by atoms with Gasteiger partial charge in [0.25, 0.3) is 0 Å². The molecule has 0 aliphatic heterocycles. The van der Waals surface area contributed by atoms with Crippen molar-refractivity contribution in [2.75, 3.05) is 24.2 Å². The van der Waals surface area contributed by atoms with Crippen LogP contribution in [-0.2, 0) is 5.41 Å². The summed E-state index contributed by atoms with van der Waals surface area (Å²) in [6.45, 7) is 7.34. The molecule has 0 fully saturated rings. The van der Waals surface area contributed by atoms with Crippen LogP contribution in [0.2, 0.25) is 0 Å². The van der Waals surface area contributed by atoms with Crippen LogP contribution in [0.4, 0.5) is 11.6 Å². The van der Waals surface area contributed by atoms with Crippen LogP contribution in [-0.4, -0.2) is 23.6 Å². The van der Waals surface area contributed by atoms with Gasteiger partial charge >= 0.3 is 0 Å². The van der Waals surface area contributed by atoms with Gasteiger partial charge < -0.3 is 10.6 Å². The van der Waals surface area contributed by atoms with E-state index in [-0.39, 0.29) is 5.41 Å². The van der Waals surface area contributed by atoms with Crippen LogP contribution in [0.1, 0.15) is 24.3 Å². The Labute approximate surface area is 118 Å². The van der Waals surface area contributed by atoms with Crippen molar-refractivity contribution in [3.63, 3.8) is 0 Å². The van der Waals surface area contributed by atoms with Crippen LogP contribution in [0.5, 0.6) is 0 Å². The van der Waals surface area contributed by atoms with Crippen molar-refractivity contribution in [3.8, 4) is 0 Å². The monoisotopic (exact) mass is 276 g/mol. The molecule has 0 aliphatic rings. The smallest absolute Gasteiger partial charge is 0.134 e. The minimum Gasteiger partial charge on any atom is -0.373 e. The van der Waals surface area contributed by atoms with Gasteiger partial charge in [0.05, 0.1) is 0 Å². The molecule has 0 atom stereocenters. The average Bonchev–Trinajstić information content (AvgIpc) is 2.92. The van der Waals surface area contributed by atoms with Crippen molar-refractivity contribution in [3.05, 3.63) is 34.3 Å². The van der Waals surface area contributed by atoms with Crippen molar-refractivity contribution in [1.82, 2.24) is 9.97 Å². The van der Waals surface area contributed by atoms with E-state index in [0.717, 1.165) is 23.7 Å². The third-order valence-electron chi connectivity index (χ3n) is 3.21. The molecule has 0 amide bonds. The molecule has 0 bridgehead atoms. The minimum atomic E-state index is 0.0887. The molecule has 0 aliphatic carbocycles. The fourth-order valence-electron chi connectivity index (χ4n) is 1.94. The molecular weight excluding hydrogens is 256 g/mol. The van der Waals surface area contributed by atoms with Crippen molar-refractivity contribution >= 4 is 23.0 Å². The number of thiophene rings is 1. The van der Waals surface area contributed by atoms with E-state index in [9.17, 15) is 0 Å². The van der Waals surface area contributed by atoms with Crippen molar-refractivity contribution in [2.24, 2.45) is 0 Å². The highest BCUT2D eigenvalue weighted by Crippen LogP contribution is 2.28. The summed E-state index contributed by atoms with van der Waals surface area (Å²) in [6.07, 6.45) is 1.58. The Morgan fingerprint density at radius 1 is 1.26 bits per heavy atom. The maximum Gasteiger partial charge on any atom is 0.134 e. The molecular formula is C14H20N4S. The van der Waals surface area contributed by atoms with E-state index in [1.807, 2.05) is 14.0 Å². The van der Waals surface area contributed by atoms with Crippen LogP contribution in [0.15, 0.2) is 23.8 Å². The highest BCUT2D eigenvalue weighted by molar-refractivity contribution is 7.10. The second-order valence-electron chi connectivity index (χ2n) is 5.16. The van der Waals surface area contributed by atoms with Crippen molar-refractivity contribution < 1.29 is 0 Å². The lowest BCUT2D eigenvalue weighted by Gasteiger charge is -2.24. The van der Waals surface area contributed by atoms with Crippen LogP contribution >= 0.6 is 11.3 Å². The number of aromatic nitrogens is 2. The number of nitrogens with one attached hydrogen (secondary N) is 2. The van der Waals surface area contributed by atoms with E-state index in [4.69, 9.17) is 0 Å². The fraction of sp³-hybridized carbons (Fsp3) is 0.429. The molecule has 4 nitrogen and oxygen atoms in total. The predicted octanol–water partition coefficient (Wildman–Crippen LogP) is 3.28. The Morgan fingerprint density at radius 3 is 2.63 bits per heavy atom. The van der Waals surface area contributed by atoms with Gasteiger partial charge in [-0.25, -0.2) is 9.97 Å². The minimum absolute atomic E-state index is 0.0887. The molecule has 0 radical (unpaired) electrons. The molecule has 2 N–H and O–H groups in total. The second kappa shape index (κ2) is 5.57. The second-order valence-corrected chi connectivity index (χ2v) is 6.11. The highest BCUT2D eigenvalue weighted by Gasteiger charge is 2.22. The SMILES string of the molecule is CNc1ncnc(NCC(C)(C)c2cccs2)c1C. The summed E-state index contributed by atoms with van der Waals surface area (Å²) < 4.78 is 0. The van der Waals surface area contributed by atoms with Crippen LogP contribution in [0, 0.1) is 6.92 Å². The van der Waals surface area contributed by atoms with E-state index in [2.05, 4.69) is 52.0 Å². The quantitative estimate of drug-likeness (QED) is 0.880. The summed E-state index contributed by atoms with van der Waals surface area (Å²) in [7, 11) is 1.87. The van der Waals surface area contributed by atoms with Crippen molar-refractivity contribution in [2.45, 2.75) is 26.2 Å². The van der Waals surface area contributed by atoms with E-state index in [0.29, 0.717) is 0 Å². The van der Waals surface area contributed by atoms with Gasteiger partial charge in [-0.15, -0.1) is 11.3 Å². The first-order valence-electron chi connectivity index (χ1n) is 6.32. The molecule has 19 heavy (non-hydrogen) atoms. The van der Waals surface area contributed by atoms with Gasteiger partial charge in [0.15, 0.2) is 0 Å². The third-order valence-corrected chi connectivity index (χ3v) is 4.44. The fourth-order valence-corrected chi connectivity index (χ4v) is 2.79. The Hall–Kier alpha value is -1.62. The lowest BCUT2D eigenvalue weighted by molar-refractivity contribution is 0.568. The molecule has 5 heteroatoms. The van der Waals surface area contributed by atoms with Gasteiger partial charge in [0.2, 0.25) is 0 Å². The number of rotatable bonds is 5. The molecule has 102 valence electrons. The van der Waals surface area contributed by atoms with Gasteiger partial charge in [0.1, 0.15) is 18.0 Å². The molecule has 2 aromatic heterocycles. The zero-order valence-electron chi connectivity index (χ0n) is 11.8. The topological polar surface area (TPSA) is 49.8 Å². The van der Waals surface area contributed by atoms with Crippen LogP contribution in [0.3, 0.4) is 0 Å². The molecule has 2 heterocycles. The van der Waals surface area contributed by atoms with Gasteiger partial charge in [-0.3, -0.25) is 0 Å². The number of hydrogen-bond donors (Lipinski definition) is 2. The van der Waals surface area contributed by atoms with E-state index < -0.39 is 0 Å². The largest absolute Gasteiger partial charge is 0.373 e. The third kappa shape index (κ3) is 3.04. The van der Waals surface area contributed by atoms with E-state index in [1.54, 1.807) is 17.7 Å². The lowest BCUT2D eigenvalue weighted by Crippen LogP contribution is -2.27. The zero-order valence-corrected chi connectivity index (χ0v) is 12.6. The maximum absolute atomic E-state index is 4.31. The summed E-state index contributed by atoms with van der Waals surface area (Å²) in [6, 6.07) is 4.27. The van der Waals surface area contributed by atoms with Gasteiger partial charge in [0, 0.05) is 29.4 Å². The lowest BCUT2D eigenvalue weighted by atomic mass is 9.91. The standard InChI is InChI=1S/C14H20N4S/c1-10-12(15-4)17-9-18-13(10)16-8-14(2,3)11-6-5-7-19-11/h5-7,9H,8H2,1-4H3,(H2,15,16,17,18). The van der Waals surface area contributed by atoms with E-state index in [1.165, 1.54) is 4.88 Å². The summed E-state index contributed by atoms with van der Waals surface area (Å²) in [5.41, 5.74) is 1.14. The molecule has 0 saturated heterocycles. The Balaban J connectivity index is 2.11. The maximum atomic E-state index is 4.31. The summed E-state index contributed by atoms with van der Waals surface area (Å²) >= 11 is 1.79. The first-order valence-corrected chi connectivity index (χ1v) is 7.20. The number of nitrogens with zero attached hydrogens (tertiary/aromatic N) is 2. The molecule has 0 aromatic carbocycles. The average molecular weight is 276 g/mol. The molecule has 2 aromatic rings. The van der Waals surface area contributed by atoms with Gasteiger partial charge in [-0.2, -0.15) is 0 Å². The van der Waals surface area contributed by atoms with E-state index >= 15 is 0 Å². The Kier molecular flexibility index (Phi) is 4.04. The highest BCUT2D eigenvalue weighted by atomic mass is 32.1.